The van der Waals surface area contributed by atoms with E-state index < -0.39 is 11.3 Å². The van der Waals surface area contributed by atoms with Crippen molar-refractivity contribution < 1.29 is 13.6 Å². The monoisotopic (exact) mass is 381 g/mol. The van der Waals surface area contributed by atoms with Crippen molar-refractivity contribution in [3.8, 4) is 11.3 Å². The number of H-pyrrole nitrogens is 1. The van der Waals surface area contributed by atoms with Gasteiger partial charge < -0.3 is 5.32 Å². The molecule has 0 atom stereocenters. The summed E-state index contributed by atoms with van der Waals surface area (Å²) < 4.78 is 27.3. The number of benzene rings is 1. The van der Waals surface area contributed by atoms with Crippen molar-refractivity contribution in [2.45, 2.75) is 31.2 Å². The Labute approximate surface area is 139 Å². The van der Waals surface area contributed by atoms with Gasteiger partial charge in [0.15, 0.2) is 0 Å². The summed E-state index contributed by atoms with van der Waals surface area (Å²) in [5.41, 5.74) is 1.07. The van der Waals surface area contributed by atoms with Gasteiger partial charge in [0, 0.05) is 27.9 Å². The zero-order valence-electron chi connectivity index (χ0n) is 12.1. The van der Waals surface area contributed by atoms with Crippen LogP contribution in [0.15, 0.2) is 34.8 Å². The molecule has 2 N–H and O–H groups in total. The van der Waals surface area contributed by atoms with E-state index in [-0.39, 0.29) is 18.4 Å². The number of hydrogen-bond donors (Lipinski definition) is 2. The van der Waals surface area contributed by atoms with Crippen LogP contribution in [0.5, 0.6) is 0 Å². The highest BCUT2D eigenvalue weighted by atomic mass is 79.9. The summed E-state index contributed by atoms with van der Waals surface area (Å²) in [6, 6.07) is 9.08. The third kappa shape index (κ3) is 2.47. The first-order chi connectivity index (χ1) is 10.9. The Kier molecular flexibility index (Phi) is 3.13. The van der Waals surface area contributed by atoms with Crippen molar-refractivity contribution in [1.82, 2.24) is 15.5 Å². The smallest absolute Gasteiger partial charge is 0.269 e. The van der Waals surface area contributed by atoms with Crippen molar-refractivity contribution in [2.75, 3.05) is 0 Å². The Hall–Kier alpha value is -1.76. The minimum Gasteiger partial charge on any atom is -0.348 e. The molecule has 2 aliphatic carbocycles. The second-order valence-electron chi connectivity index (χ2n) is 6.41. The SMILES string of the molecule is O=C(NC1CC2(C1)CC2(F)F)c1cc(-c2ccc(Br)cc2)n[nH]1. The fourth-order valence-electron chi connectivity index (χ4n) is 3.28. The largest absolute Gasteiger partial charge is 0.348 e. The number of amides is 1. The van der Waals surface area contributed by atoms with Gasteiger partial charge in [0.2, 0.25) is 0 Å². The van der Waals surface area contributed by atoms with Crippen LogP contribution in [0.25, 0.3) is 11.3 Å². The van der Waals surface area contributed by atoms with Gasteiger partial charge in [-0.05, 0) is 31.0 Å². The minimum absolute atomic E-state index is 0.0376. The molecule has 7 heteroatoms. The number of rotatable bonds is 3. The van der Waals surface area contributed by atoms with E-state index >= 15 is 0 Å². The number of hydrogen-bond acceptors (Lipinski definition) is 2. The van der Waals surface area contributed by atoms with Gasteiger partial charge in [0.05, 0.1) is 5.69 Å². The maximum Gasteiger partial charge on any atom is 0.269 e. The summed E-state index contributed by atoms with van der Waals surface area (Å²) >= 11 is 3.36. The number of carbonyl (C=O) groups is 1. The summed E-state index contributed by atoms with van der Waals surface area (Å²) in [5.74, 6) is -2.83. The quantitative estimate of drug-likeness (QED) is 0.850. The highest BCUT2D eigenvalue weighted by Gasteiger charge is 2.75. The molecule has 2 aliphatic rings. The highest BCUT2D eigenvalue weighted by molar-refractivity contribution is 9.10. The standard InChI is InChI=1S/C16H14BrF2N3O/c17-10-3-1-9(2-4-10)12-5-13(22-21-12)14(23)20-11-6-15(7-11)8-16(15,18)19/h1-5,11H,6-8H2,(H,20,23)(H,21,22). The molecule has 2 fully saturated rings. The van der Waals surface area contributed by atoms with E-state index in [1.807, 2.05) is 24.3 Å². The molecule has 1 aromatic heterocycles. The first-order valence-electron chi connectivity index (χ1n) is 7.39. The van der Waals surface area contributed by atoms with Crippen molar-refractivity contribution in [3.05, 3.63) is 40.5 Å². The van der Waals surface area contributed by atoms with Gasteiger partial charge in [-0.15, -0.1) is 0 Å². The van der Waals surface area contributed by atoms with E-state index in [0.29, 0.717) is 24.2 Å². The zero-order chi connectivity index (χ0) is 16.2. The summed E-state index contributed by atoms with van der Waals surface area (Å²) in [5, 5.41) is 9.62. The van der Waals surface area contributed by atoms with Crippen molar-refractivity contribution in [1.29, 1.82) is 0 Å². The Morgan fingerprint density at radius 2 is 1.96 bits per heavy atom. The summed E-state index contributed by atoms with van der Waals surface area (Å²) in [6.45, 7) is 0. The molecule has 2 saturated carbocycles. The number of aromatic nitrogens is 2. The minimum atomic E-state index is -2.53. The normalized spacial score (nSPS) is 27.5. The summed E-state index contributed by atoms with van der Waals surface area (Å²) in [4.78, 5) is 12.2. The lowest BCUT2D eigenvalue weighted by atomic mass is 9.76. The maximum absolute atomic E-state index is 13.2. The highest BCUT2D eigenvalue weighted by Crippen LogP contribution is 2.70. The Morgan fingerprint density at radius 1 is 1.30 bits per heavy atom. The molecule has 0 radical (unpaired) electrons. The van der Waals surface area contributed by atoms with Gasteiger partial charge in [-0.3, -0.25) is 9.89 Å². The number of nitrogens with zero attached hydrogens (tertiary/aromatic N) is 1. The van der Waals surface area contributed by atoms with Crippen LogP contribution < -0.4 is 5.32 Å². The number of alkyl halides is 2. The van der Waals surface area contributed by atoms with Gasteiger partial charge in [0.25, 0.3) is 11.8 Å². The first-order valence-corrected chi connectivity index (χ1v) is 8.18. The van der Waals surface area contributed by atoms with Gasteiger partial charge >= 0.3 is 0 Å². The fraction of sp³-hybridized carbons (Fsp3) is 0.375. The number of carbonyl (C=O) groups excluding carboxylic acids is 1. The van der Waals surface area contributed by atoms with Gasteiger partial charge in [-0.1, -0.05) is 28.1 Å². The summed E-state index contributed by atoms with van der Waals surface area (Å²) in [7, 11) is 0. The van der Waals surface area contributed by atoms with E-state index in [9.17, 15) is 13.6 Å². The Morgan fingerprint density at radius 3 is 2.57 bits per heavy atom. The van der Waals surface area contributed by atoms with Gasteiger partial charge in [-0.25, -0.2) is 8.78 Å². The fourth-order valence-corrected chi connectivity index (χ4v) is 3.54. The van der Waals surface area contributed by atoms with Crippen LogP contribution >= 0.6 is 15.9 Å². The maximum atomic E-state index is 13.2. The van der Waals surface area contributed by atoms with E-state index in [2.05, 4.69) is 31.4 Å². The molecule has 0 bridgehead atoms. The Bertz CT molecular complexity index is 766. The molecule has 1 amide bonds. The molecule has 0 aliphatic heterocycles. The van der Waals surface area contributed by atoms with Gasteiger partial charge in [0.1, 0.15) is 5.69 Å². The predicted molar refractivity (Wildman–Crippen MR) is 84.2 cm³/mol. The molecule has 23 heavy (non-hydrogen) atoms. The molecule has 0 saturated heterocycles. The molecule has 4 nitrogen and oxygen atoms in total. The number of nitrogens with one attached hydrogen (secondary N) is 2. The topological polar surface area (TPSA) is 57.8 Å². The van der Waals surface area contributed by atoms with E-state index in [4.69, 9.17) is 0 Å². The molecule has 1 aromatic carbocycles. The van der Waals surface area contributed by atoms with Crippen LogP contribution in [0.4, 0.5) is 8.78 Å². The van der Waals surface area contributed by atoms with Gasteiger partial charge in [-0.2, -0.15) is 5.10 Å². The lowest BCUT2D eigenvalue weighted by Crippen LogP contribution is -2.47. The Balaban J connectivity index is 1.39. The molecular weight excluding hydrogens is 368 g/mol. The number of halogens is 3. The first kappa shape index (κ1) is 14.8. The van der Waals surface area contributed by atoms with Crippen LogP contribution in [-0.2, 0) is 0 Å². The third-order valence-corrected chi connectivity index (χ3v) is 5.31. The molecule has 2 aromatic rings. The lowest BCUT2D eigenvalue weighted by molar-refractivity contribution is 0.0140. The molecule has 1 spiro atoms. The lowest BCUT2D eigenvalue weighted by Gasteiger charge is -2.36. The summed E-state index contributed by atoms with van der Waals surface area (Å²) in [6.07, 6.45) is 0.684. The van der Waals surface area contributed by atoms with E-state index in [0.717, 1.165) is 10.0 Å². The third-order valence-electron chi connectivity index (χ3n) is 4.78. The van der Waals surface area contributed by atoms with Crippen molar-refractivity contribution >= 4 is 21.8 Å². The van der Waals surface area contributed by atoms with Crippen molar-refractivity contribution in [2.24, 2.45) is 5.41 Å². The van der Waals surface area contributed by atoms with Crippen LogP contribution in [0, 0.1) is 5.41 Å². The molecular formula is C16H14BrF2N3O. The van der Waals surface area contributed by atoms with E-state index in [1.165, 1.54) is 0 Å². The van der Waals surface area contributed by atoms with Crippen LogP contribution in [0.2, 0.25) is 0 Å². The predicted octanol–water partition coefficient (Wildman–Crippen LogP) is 3.76. The van der Waals surface area contributed by atoms with E-state index in [1.54, 1.807) is 6.07 Å². The molecule has 1 heterocycles. The van der Waals surface area contributed by atoms with Crippen LogP contribution in [-0.4, -0.2) is 28.1 Å². The molecule has 0 unspecified atom stereocenters. The second kappa shape index (κ2) is 4.87. The molecule has 4 rings (SSSR count). The average Bonchev–Trinajstić information content (AvgIpc) is 2.86. The molecule has 120 valence electrons. The second-order valence-corrected chi connectivity index (χ2v) is 7.33. The van der Waals surface area contributed by atoms with Crippen molar-refractivity contribution in [3.63, 3.8) is 0 Å². The average molecular weight is 382 g/mol. The number of aromatic amines is 1. The van der Waals surface area contributed by atoms with Crippen LogP contribution in [0.3, 0.4) is 0 Å². The van der Waals surface area contributed by atoms with Crippen LogP contribution in [0.1, 0.15) is 29.8 Å². The zero-order valence-corrected chi connectivity index (χ0v) is 13.7.